The van der Waals surface area contributed by atoms with E-state index >= 15 is 0 Å². The molecule has 0 aliphatic rings. The van der Waals surface area contributed by atoms with Crippen LogP contribution in [0.4, 0.5) is 0 Å². The van der Waals surface area contributed by atoms with Crippen molar-refractivity contribution in [2.75, 3.05) is 0 Å². The Bertz CT molecular complexity index is 147. The van der Waals surface area contributed by atoms with Gasteiger partial charge in [0, 0.05) is 5.54 Å². The van der Waals surface area contributed by atoms with E-state index in [0.29, 0.717) is 5.41 Å². The van der Waals surface area contributed by atoms with Crippen LogP contribution in [-0.2, 0) is 0 Å². The maximum Gasteiger partial charge on any atom is 0.000256 e. The lowest BCUT2D eigenvalue weighted by molar-refractivity contribution is 0.253. The summed E-state index contributed by atoms with van der Waals surface area (Å²) >= 11 is 5.53. The average molecular weight is 203 g/mol. The fourth-order valence-corrected chi connectivity index (χ4v) is 1.67. The van der Waals surface area contributed by atoms with Gasteiger partial charge in [0.2, 0.25) is 0 Å². The highest BCUT2D eigenvalue weighted by atomic mass is 35.5. The van der Waals surface area contributed by atoms with E-state index in [0.717, 1.165) is 12.3 Å². The van der Waals surface area contributed by atoms with Crippen LogP contribution >= 0.6 is 11.6 Å². The molecule has 0 aromatic rings. The zero-order valence-electron chi connectivity index (χ0n) is 9.44. The predicted molar refractivity (Wildman–Crippen MR) is 62.1 cm³/mol. The number of hydrogen-bond donors (Lipinski definition) is 0. The molecule has 0 saturated carbocycles. The molecule has 78 valence electrons. The van der Waals surface area contributed by atoms with Crippen molar-refractivity contribution in [3.63, 3.8) is 0 Å². The molecule has 13 heavy (non-hydrogen) atoms. The van der Waals surface area contributed by atoms with Crippen LogP contribution < -0.4 is 0 Å². The van der Waals surface area contributed by atoms with Crippen molar-refractivity contribution in [2.24, 2.45) is 11.3 Å². The molecule has 0 spiro atoms. The summed E-state index contributed by atoms with van der Waals surface area (Å²) in [4.78, 5) is 0. The summed E-state index contributed by atoms with van der Waals surface area (Å²) in [6, 6.07) is 0. The highest BCUT2D eigenvalue weighted by Gasteiger charge is 2.19. The Morgan fingerprint density at radius 2 is 1.92 bits per heavy atom. The molecule has 1 heteroatoms. The van der Waals surface area contributed by atoms with Crippen molar-refractivity contribution in [1.29, 1.82) is 0 Å². The number of allylic oxidation sites excluding steroid dienone is 1. The zero-order valence-corrected chi connectivity index (χ0v) is 10.2. The van der Waals surface area contributed by atoms with E-state index < -0.39 is 0 Å². The quantitative estimate of drug-likeness (QED) is 0.570. The minimum Gasteiger partial charge on any atom is -0.0933 e. The van der Waals surface area contributed by atoms with Gasteiger partial charge in [-0.3, -0.25) is 0 Å². The molecular weight excluding hydrogens is 180 g/mol. The van der Waals surface area contributed by atoms with Gasteiger partial charge < -0.3 is 0 Å². The van der Waals surface area contributed by atoms with Gasteiger partial charge in [0.15, 0.2) is 0 Å². The van der Waals surface area contributed by atoms with Crippen LogP contribution in [0.1, 0.15) is 53.4 Å². The Morgan fingerprint density at radius 3 is 2.31 bits per heavy atom. The lowest BCUT2D eigenvalue weighted by atomic mass is 9.79. The standard InChI is InChI=1S/C12H23Cl/c1-5-11(8-7-9-13)10-12(3,4)6-2/h7,9,11H,5-6,8,10H2,1-4H3/b9-7+. The van der Waals surface area contributed by atoms with Crippen LogP contribution in [0.2, 0.25) is 0 Å². The van der Waals surface area contributed by atoms with Gasteiger partial charge in [0.1, 0.15) is 0 Å². The highest BCUT2D eigenvalue weighted by molar-refractivity contribution is 6.25. The number of hydrogen-bond acceptors (Lipinski definition) is 0. The van der Waals surface area contributed by atoms with E-state index in [1.807, 2.05) is 0 Å². The van der Waals surface area contributed by atoms with Gasteiger partial charge in [-0.15, -0.1) is 0 Å². The predicted octanol–water partition coefficient (Wildman–Crippen LogP) is 4.98. The van der Waals surface area contributed by atoms with Crippen LogP contribution in [0.3, 0.4) is 0 Å². The van der Waals surface area contributed by atoms with E-state index in [1.165, 1.54) is 19.3 Å². The molecule has 0 amide bonds. The van der Waals surface area contributed by atoms with Crippen LogP contribution in [-0.4, -0.2) is 0 Å². The largest absolute Gasteiger partial charge is 0.0933 e. The van der Waals surface area contributed by atoms with Gasteiger partial charge in [-0.25, -0.2) is 0 Å². The van der Waals surface area contributed by atoms with E-state index in [-0.39, 0.29) is 0 Å². The van der Waals surface area contributed by atoms with Crippen molar-refractivity contribution >= 4 is 11.6 Å². The van der Waals surface area contributed by atoms with E-state index in [2.05, 4.69) is 33.8 Å². The SMILES string of the molecule is CCC(C/C=C/Cl)CC(C)(C)CC. The van der Waals surface area contributed by atoms with Gasteiger partial charge in [0.25, 0.3) is 0 Å². The molecule has 0 aromatic heterocycles. The second-order valence-corrected chi connectivity index (χ2v) is 4.85. The number of rotatable bonds is 6. The van der Waals surface area contributed by atoms with Crippen molar-refractivity contribution in [3.05, 3.63) is 11.6 Å². The molecule has 0 bridgehead atoms. The molecular formula is C12H23Cl. The van der Waals surface area contributed by atoms with Gasteiger partial charge in [-0.05, 0) is 24.2 Å². The molecule has 0 nitrogen and oxygen atoms in total. The Labute approximate surface area is 88.4 Å². The maximum absolute atomic E-state index is 5.53. The van der Waals surface area contributed by atoms with E-state index in [9.17, 15) is 0 Å². The first kappa shape index (κ1) is 13.0. The third kappa shape index (κ3) is 6.15. The molecule has 0 aliphatic heterocycles. The Kier molecular flexibility index (Phi) is 6.49. The molecule has 0 fully saturated rings. The first-order chi connectivity index (χ1) is 6.05. The second kappa shape index (κ2) is 6.48. The van der Waals surface area contributed by atoms with Crippen LogP contribution in [0, 0.1) is 11.3 Å². The van der Waals surface area contributed by atoms with Crippen LogP contribution in [0.15, 0.2) is 11.6 Å². The Hall–Kier alpha value is 0.0300. The zero-order chi connectivity index (χ0) is 10.3. The van der Waals surface area contributed by atoms with Crippen molar-refractivity contribution in [3.8, 4) is 0 Å². The lowest BCUT2D eigenvalue weighted by Gasteiger charge is -2.27. The lowest BCUT2D eigenvalue weighted by Crippen LogP contribution is -2.15. The molecule has 1 unspecified atom stereocenters. The molecule has 0 aliphatic carbocycles. The number of halogens is 1. The Balaban J connectivity index is 3.96. The normalized spacial score (nSPS) is 15.2. The smallest absolute Gasteiger partial charge is 0.000256 e. The fourth-order valence-electron chi connectivity index (χ4n) is 1.56. The minimum atomic E-state index is 0.487. The molecule has 0 N–H and O–H groups in total. The third-order valence-corrected chi connectivity index (χ3v) is 3.11. The second-order valence-electron chi connectivity index (χ2n) is 4.59. The van der Waals surface area contributed by atoms with Crippen LogP contribution in [0.25, 0.3) is 0 Å². The van der Waals surface area contributed by atoms with Gasteiger partial charge in [-0.1, -0.05) is 58.2 Å². The molecule has 1 atom stereocenters. The van der Waals surface area contributed by atoms with Gasteiger partial charge in [-0.2, -0.15) is 0 Å². The third-order valence-electron chi connectivity index (χ3n) is 2.93. The molecule has 0 rings (SSSR count). The summed E-state index contributed by atoms with van der Waals surface area (Å²) in [5, 5.41) is 0. The van der Waals surface area contributed by atoms with Crippen LogP contribution in [0.5, 0.6) is 0 Å². The van der Waals surface area contributed by atoms with Gasteiger partial charge >= 0.3 is 0 Å². The first-order valence-corrected chi connectivity index (χ1v) is 5.74. The summed E-state index contributed by atoms with van der Waals surface area (Å²) < 4.78 is 0. The van der Waals surface area contributed by atoms with Crippen molar-refractivity contribution in [1.82, 2.24) is 0 Å². The molecule has 0 aromatic carbocycles. The van der Waals surface area contributed by atoms with Crippen molar-refractivity contribution in [2.45, 2.75) is 53.4 Å². The summed E-state index contributed by atoms with van der Waals surface area (Å²) in [6.45, 7) is 9.22. The monoisotopic (exact) mass is 202 g/mol. The highest BCUT2D eigenvalue weighted by Crippen LogP contribution is 2.31. The maximum atomic E-state index is 5.53. The van der Waals surface area contributed by atoms with E-state index in [4.69, 9.17) is 11.6 Å². The fraction of sp³-hybridized carbons (Fsp3) is 0.833. The topological polar surface area (TPSA) is 0 Å². The molecule has 0 radical (unpaired) electrons. The van der Waals surface area contributed by atoms with E-state index in [1.54, 1.807) is 5.54 Å². The Morgan fingerprint density at radius 1 is 1.31 bits per heavy atom. The van der Waals surface area contributed by atoms with Crippen molar-refractivity contribution < 1.29 is 0 Å². The minimum absolute atomic E-state index is 0.487. The average Bonchev–Trinajstić information content (AvgIpc) is 2.12. The molecule has 0 heterocycles. The summed E-state index contributed by atoms with van der Waals surface area (Å²) in [7, 11) is 0. The summed E-state index contributed by atoms with van der Waals surface area (Å²) in [5.41, 5.74) is 2.13. The summed E-state index contributed by atoms with van der Waals surface area (Å²) in [6.07, 6.45) is 7.02. The first-order valence-electron chi connectivity index (χ1n) is 5.31. The molecule has 0 saturated heterocycles. The summed E-state index contributed by atoms with van der Waals surface area (Å²) in [5.74, 6) is 0.796. The van der Waals surface area contributed by atoms with Gasteiger partial charge in [0.05, 0.1) is 0 Å².